The molecule has 1 aromatic heterocycles. The predicted molar refractivity (Wildman–Crippen MR) is 88.8 cm³/mol. The van der Waals surface area contributed by atoms with Gasteiger partial charge in [-0.3, -0.25) is 0 Å². The van der Waals surface area contributed by atoms with E-state index in [0.717, 1.165) is 28.9 Å². The fourth-order valence-electron chi connectivity index (χ4n) is 1.82. The van der Waals surface area contributed by atoms with E-state index < -0.39 is 0 Å². The number of nitrogens with one attached hydrogen (secondary N) is 1. The maximum Gasteiger partial charge on any atom is 0.101 e. The Labute approximate surface area is 135 Å². The Morgan fingerprint density at radius 1 is 1.24 bits per heavy atom. The Morgan fingerprint density at radius 2 is 2.05 bits per heavy atom. The van der Waals surface area contributed by atoms with Crippen LogP contribution in [-0.4, -0.2) is 25.2 Å². The van der Waals surface area contributed by atoms with Gasteiger partial charge in [-0.2, -0.15) is 0 Å². The molecular formula is C16H19ClN2OS. The third-order valence-corrected chi connectivity index (χ3v) is 4.31. The van der Waals surface area contributed by atoms with Crippen molar-refractivity contribution < 1.29 is 4.74 Å². The molecular weight excluding hydrogens is 304 g/mol. The Bertz CT molecular complexity index is 548. The molecule has 21 heavy (non-hydrogen) atoms. The number of methoxy groups -OCH3 is 1. The highest BCUT2D eigenvalue weighted by Crippen LogP contribution is 2.24. The average molecular weight is 323 g/mol. The monoisotopic (exact) mass is 322 g/mol. The number of halogens is 1. The van der Waals surface area contributed by atoms with E-state index in [-0.39, 0.29) is 0 Å². The molecule has 3 nitrogen and oxygen atoms in total. The van der Waals surface area contributed by atoms with Crippen molar-refractivity contribution in [2.75, 3.05) is 20.3 Å². The van der Waals surface area contributed by atoms with Gasteiger partial charge in [0.15, 0.2) is 0 Å². The highest BCUT2D eigenvalue weighted by molar-refractivity contribution is 7.98. The van der Waals surface area contributed by atoms with Gasteiger partial charge in [-0.1, -0.05) is 29.8 Å². The number of nitrogens with zero attached hydrogens (tertiary/aromatic N) is 1. The molecule has 0 saturated carbocycles. The summed E-state index contributed by atoms with van der Waals surface area (Å²) < 4.78 is 5.03. The van der Waals surface area contributed by atoms with Gasteiger partial charge in [0.2, 0.25) is 0 Å². The average Bonchev–Trinajstić information content (AvgIpc) is 2.52. The molecule has 0 unspecified atom stereocenters. The van der Waals surface area contributed by atoms with Crippen molar-refractivity contribution in [2.24, 2.45) is 0 Å². The van der Waals surface area contributed by atoms with Gasteiger partial charge in [0.05, 0.1) is 6.61 Å². The molecule has 0 aliphatic carbocycles. The van der Waals surface area contributed by atoms with Crippen molar-refractivity contribution >= 4 is 23.4 Å². The fraction of sp³-hybridized carbons (Fsp3) is 0.312. The molecule has 0 atom stereocenters. The van der Waals surface area contributed by atoms with Crippen LogP contribution in [0.5, 0.6) is 0 Å². The lowest BCUT2D eigenvalue weighted by Crippen LogP contribution is -2.19. The van der Waals surface area contributed by atoms with Crippen LogP contribution in [0.4, 0.5) is 0 Å². The smallest absolute Gasteiger partial charge is 0.101 e. The summed E-state index contributed by atoms with van der Waals surface area (Å²) in [4.78, 5) is 4.48. The molecule has 1 N–H and O–H groups in total. The minimum absolute atomic E-state index is 0.716. The first-order valence-electron chi connectivity index (χ1n) is 6.80. The lowest BCUT2D eigenvalue weighted by atomic mass is 10.2. The van der Waals surface area contributed by atoms with E-state index in [1.54, 1.807) is 18.9 Å². The molecule has 0 saturated heterocycles. The van der Waals surface area contributed by atoms with Crippen LogP contribution >= 0.6 is 23.4 Å². The van der Waals surface area contributed by atoms with Crippen molar-refractivity contribution in [3.8, 4) is 0 Å². The molecule has 0 aliphatic heterocycles. The number of hydrogen-bond donors (Lipinski definition) is 1. The SMILES string of the molecule is COCCNCc1cccnc1SCc1ccc(Cl)cc1. The summed E-state index contributed by atoms with van der Waals surface area (Å²) in [5, 5.41) is 5.19. The molecule has 0 fully saturated rings. The lowest BCUT2D eigenvalue weighted by Gasteiger charge is -2.09. The van der Waals surface area contributed by atoms with Crippen molar-refractivity contribution in [1.29, 1.82) is 0 Å². The first kappa shape index (κ1) is 16.3. The predicted octanol–water partition coefficient (Wildman–Crippen LogP) is 3.76. The van der Waals surface area contributed by atoms with Crippen LogP contribution in [0, 0.1) is 0 Å². The molecule has 0 bridgehead atoms. The number of thioether (sulfide) groups is 1. The number of benzene rings is 1. The van der Waals surface area contributed by atoms with Gasteiger partial charge in [0.1, 0.15) is 5.03 Å². The number of aromatic nitrogens is 1. The zero-order valence-electron chi connectivity index (χ0n) is 12.0. The Hall–Kier alpha value is -1.07. The summed E-state index contributed by atoms with van der Waals surface area (Å²) in [7, 11) is 1.71. The minimum Gasteiger partial charge on any atom is -0.383 e. The third-order valence-electron chi connectivity index (χ3n) is 2.94. The van der Waals surface area contributed by atoms with E-state index in [1.807, 2.05) is 24.4 Å². The Morgan fingerprint density at radius 3 is 2.81 bits per heavy atom. The van der Waals surface area contributed by atoms with Gasteiger partial charge < -0.3 is 10.1 Å². The van der Waals surface area contributed by atoms with Crippen molar-refractivity contribution in [1.82, 2.24) is 10.3 Å². The quantitative estimate of drug-likeness (QED) is 0.592. The van der Waals surface area contributed by atoms with E-state index in [2.05, 4.69) is 28.5 Å². The topological polar surface area (TPSA) is 34.1 Å². The van der Waals surface area contributed by atoms with Gasteiger partial charge in [-0.25, -0.2) is 4.98 Å². The van der Waals surface area contributed by atoms with Crippen molar-refractivity contribution in [3.05, 3.63) is 58.7 Å². The maximum atomic E-state index is 5.90. The molecule has 112 valence electrons. The minimum atomic E-state index is 0.716. The number of rotatable bonds is 8. The summed E-state index contributed by atoms with van der Waals surface area (Å²) in [6.07, 6.45) is 1.84. The van der Waals surface area contributed by atoms with Crippen LogP contribution in [0.1, 0.15) is 11.1 Å². The van der Waals surface area contributed by atoms with Crippen LogP contribution in [0.25, 0.3) is 0 Å². The van der Waals surface area contributed by atoms with E-state index in [0.29, 0.717) is 6.61 Å². The summed E-state index contributed by atoms with van der Waals surface area (Å²) in [6, 6.07) is 12.0. The van der Waals surface area contributed by atoms with Crippen LogP contribution in [0.2, 0.25) is 5.02 Å². The van der Waals surface area contributed by atoms with Crippen LogP contribution < -0.4 is 5.32 Å². The zero-order valence-corrected chi connectivity index (χ0v) is 13.6. The van der Waals surface area contributed by atoms with Crippen LogP contribution in [0.3, 0.4) is 0 Å². The molecule has 1 heterocycles. The lowest BCUT2D eigenvalue weighted by molar-refractivity contribution is 0.199. The first-order chi connectivity index (χ1) is 10.3. The fourth-order valence-corrected chi connectivity index (χ4v) is 2.90. The molecule has 2 rings (SSSR count). The number of pyridine rings is 1. The normalized spacial score (nSPS) is 10.8. The van der Waals surface area contributed by atoms with Gasteiger partial charge >= 0.3 is 0 Å². The molecule has 0 spiro atoms. The molecule has 0 aliphatic rings. The van der Waals surface area contributed by atoms with E-state index in [1.165, 1.54) is 11.1 Å². The molecule has 2 aromatic rings. The van der Waals surface area contributed by atoms with Crippen LogP contribution in [0.15, 0.2) is 47.6 Å². The summed E-state index contributed by atoms with van der Waals surface area (Å²) in [5.74, 6) is 0.888. The molecule has 1 aromatic carbocycles. The number of ether oxygens (including phenoxy) is 1. The van der Waals surface area contributed by atoms with Crippen molar-refractivity contribution in [3.63, 3.8) is 0 Å². The second-order valence-corrected chi connectivity index (χ2v) is 5.95. The second kappa shape index (κ2) is 9.05. The standard InChI is InChI=1S/C16H19ClN2OS/c1-20-10-9-18-11-14-3-2-8-19-16(14)21-12-13-4-6-15(17)7-5-13/h2-8,18H,9-12H2,1H3. The first-order valence-corrected chi connectivity index (χ1v) is 8.16. The Kier molecular flexibility index (Phi) is 7.03. The second-order valence-electron chi connectivity index (χ2n) is 4.55. The molecule has 0 amide bonds. The van der Waals surface area contributed by atoms with Gasteiger partial charge in [0, 0.05) is 37.2 Å². The van der Waals surface area contributed by atoms with Crippen LogP contribution in [-0.2, 0) is 17.0 Å². The van der Waals surface area contributed by atoms with Gasteiger partial charge in [0.25, 0.3) is 0 Å². The summed E-state index contributed by atoms with van der Waals surface area (Å²) in [5.41, 5.74) is 2.46. The summed E-state index contributed by atoms with van der Waals surface area (Å²) >= 11 is 7.64. The highest BCUT2D eigenvalue weighted by Gasteiger charge is 2.04. The zero-order chi connectivity index (χ0) is 14.9. The Balaban J connectivity index is 1.91. The van der Waals surface area contributed by atoms with E-state index in [4.69, 9.17) is 16.3 Å². The largest absolute Gasteiger partial charge is 0.383 e. The van der Waals surface area contributed by atoms with E-state index in [9.17, 15) is 0 Å². The number of hydrogen-bond acceptors (Lipinski definition) is 4. The van der Waals surface area contributed by atoms with Gasteiger partial charge in [-0.05, 0) is 29.3 Å². The summed E-state index contributed by atoms with van der Waals surface area (Å²) in [6.45, 7) is 2.36. The van der Waals surface area contributed by atoms with Gasteiger partial charge in [-0.15, -0.1) is 11.8 Å². The van der Waals surface area contributed by atoms with E-state index >= 15 is 0 Å². The molecule has 5 heteroatoms. The molecule has 0 radical (unpaired) electrons. The third kappa shape index (κ3) is 5.67. The van der Waals surface area contributed by atoms with Crippen molar-refractivity contribution in [2.45, 2.75) is 17.3 Å². The highest BCUT2D eigenvalue weighted by atomic mass is 35.5. The maximum absolute atomic E-state index is 5.90.